The highest BCUT2D eigenvalue weighted by atomic mass is 16.2. The molecule has 3 aromatic rings. The molecule has 1 N–H and O–H groups in total. The average molecular weight is 441 g/mol. The summed E-state index contributed by atoms with van der Waals surface area (Å²) in [6.07, 6.45) is 3.69. The Morgan fingerprint density at radius 2 is 1.15 bits per heavy atom. The zero-order valence-corrected chi connectivity index (χ0v) is 18.6. The van der Waals surface area contributed by atoms with Crippen LogP contribution < -0.4 is 5.32 Å². The fraction of sp³-hybridized carbons (Fsp3) is 0.250. The zero-order chi connectivity index (χ0) is 23.0. The molecule has 1 heterocycles. The number of hydrogen-bond donors (Lipinski definition) is 1. The SMILES string of the molecule is O=C(CCCCCCN1C(=O)c2ccccc2C1=O)NC(c1ccccc1)c1ccccc1. The lowest BCUT2D eigenvalue weighted by molar-refractivity contribution is -0.121. The normalized spacial score (nSPS) is 12.8. The summed E-state index contributed by atoms with van der Waals surface area (Å²) in [6.45, 7) is 0.419. The molecular weight excluding hydrogens is 412 g/mol. The first-order chi connectivity index (χ1) is 16.1. The molecule has 3 amide bonds. The quantitative estimate of drug-likeness (QED) is 0.351. The molecule has 0 bridgehead atoms. The maximum Gasteiger partial charge on any atom is 0.261 e. The van der Waals surface area contributed by atoms with Crippen LogP contribution in [0.4, 0.5) is 0 Å². The third-order valence-electron chi connectivity index (χ3n) is 5.98. The Morgan fingerprint density at radius 1 is 0.667 bits per heavy atom. The summed E-state index contributed by atoms with van der Waals surface area (Å²) in [5.41, 5.74) is 3.09. The predicted octanol–water partition coefficient (Wildman–Crippen LogP) is 5.14. The van der Waals surface area contributed by atoms with Crippen LogP contribution in [0.25, 0.3) is 0 Å². The molecule has 0 unspecified atom stereocenters. The van der Waals surface area contributed by atoms with Crippen LogP contribution in [0.15, 0.2) is 84.9 Å². The summed E-state index contributed by atoms with van der Waals surface area (Å²) in [7, 11) is 0. The summed E-state index contributed by atoms with van der Waals surface area (Å²) in [5, 5.41) is 3.17. The molecule has 1 aliphatic heterocycles. The van der Waals surface area contributed by atoms with Crippen molar-refractivity contribution in [2.45, 2.75) is 38.1 Å². The second-order valence-electron chi connectivity index (χ2n) is 8.29. The number of nitrogens with zero attached hydrogens (tertiary/aromatic N) is 1. The monoisotopic (exact) mass is 440 g/mol. The summed E-state index contributed by atoms with van der Waals surface area (Å²) in [4.78, 5) is 38.8. The van der Waals surface area contributed by atoms with Gasteiger partial charge in [0.1, 0.15) is 0 Å². The van der Waals surface area contributed by atoms with Crippen LogP contribution in [-0.2, 0) is 4.79 Å². The molecule has 0 atom stereocenters. The molecule has 4 rings (SSSR count). The number of fused-ring (bicyclic) bond motifs is 1. The molecule has 0 radical (unpaired) electrons. The molecule has 0 saturated carbocycles. The van der Waals surface area contributed by atoms with Crippen molar-refractivity contribution >= 4 is 17.7 Å². The van der Waals surface area contributed by atoms with Crippen molar-refractivity contribution in [1.82, 2.24) is 10.2 Å². The van der Waals surface area contributed by atoms with Gasteiger partial charge in [-0.3, -0.25) is 19.3 Å². The van der Waals surface area contributed by atoms with Gasteiger partial charge in [-0.05, 0) is 36.1 Å². The number of carbonyl (C=O) groups excluding carboxylic acids is 3. The first kappa shape index (κ1) is 22.5. The van der Waals surface area contributed by atoms with Gasteiger partial charge in [0.2, 0.25) is 5.91 Å². The van der Waals surface area contributed by atoms with Crippen LogP contribution in [0.5, 0.6) is 0 Å². The van der Waals surface area contributed by atoms with Gasteiger partial charge < -0.3 is 5.32 Å². The third-order valence-corrected chi connectivity index (χ3v) is 5.98. The van der Waals surface area contributed by atoms with E-state index in [2.05, 4.69) is 5.32 Å². The minimum absolute atomic E-state index is 0.0213. The van der Waals surface area contributed by atoms with Gasteiger partial charge in [0.15, 0.2) is 0 Å². The first-order valence-electron chi connectivity index (χ1n) is 11.5. The van der Waals surface area contributed by atoms with Crippen molar-refractivity contribution in [1.29, 1.82) is 0 Å². The molecule has 0 aromatic heterocycles. The van der Waals surface area contributed by atoms with E-state index in [0.717, 1.165) is 36.8 Å². The number of benzene rings is 3. The topological polar surface area (TPSA) is 66.5 Å². The van der Waals surface area contributed by atoms with E-state index in [1.54, 1.807) is 24.3 Å². The fourth-order valence-electron chi connectivity index (χ4n) is 4.23. The number of imide groups is 1. The maximum absolute atomic E-state index is 12.6. The molecule has 0 aliphatic carbocycles. The van der Waals surface area contributed by atoms with Crippen molar-refractivity contribution < 1.29 is 14.4 Å². The average Bonchev–Trinajstić information content (AvgIpc) is 3.10. The van der Waals surface area contributed by atoms with E-state index in [-0.39, 0.29) is 23.8 Å². The Bertz CT molecular complexity index is 1040. The van der Waals surface area contributed by atoms with E-state index < -0.39 is 0 Å². The van der Waals surface area contributed by atoms with Gasteiger partial charge in [-0.2, -0.15) is 0 Å². The van der Waals surface area contributed by atoms with Crippen molar-refractivity contribution in [2.75, 3.05) is 6.54 Å². The molecule has 5 nitrogen and oxygen atoms in total. The number of hydrogen-bond acceptors (Lipinski definition) is 3. The highest BCUT2D eigenvalue weighted by Gasteiger charge is 2.34. The molecule has 1 aliphatic rings. The Morgan fingerprint density at radius 3 is 1.70 bits per heavy atom. The molecule has 0 spiro atoms. The van der Waals surface area contributed by atoms with Gasteiger partial charge >= 0.3 is 0 Å². The molecule has 5 heteroatoms. The number of amides is 3. The summed E-state index contributed by atoms with van der Waals surface area (Å²) in [6, 6.07) is 26.7. The van der Waals surface area contributed by atoms with Crippen molar-refractivity contribution in [3.05, 3.63) is 107 Å². The fourth-order valence-corrected chi connectivity index (χ4v) is 4.23. The van der Waals surface area contributed by atoms with Gasteiger partial charge in [-0.15, -0.1) is 0 Å². The van der Waals surface area contributed by atoms with E-state index in [4.69, 9.17) is 0 Å². The van der Waals surface area contributed by atoms with Crippen molar-refractivity contribution in [3.8, 4) is 0 Å². The number of nitrogens with one attached hydrogen (secondary N) is 1. The second kappa shape index (κ2) is 10.7. The Labute approximate surface area is 194 Å². The third kappa shape index (κ3) is 5.37. The highest BCUT2D eigenvalue weighted by Crippen LogP contribution is 2.24. The van der Waals surface area contributed by atoms with Crippen LogP contribution in [-0.4, -0.2) is 29.2 Å². The Kier molecular flexibility index (Phi) is 7.30. The smallest absolute Gasteiger partial charge is 0.261 e. The van der Waals surface area contributed by atoms with Crippen LogP contribution in [0, 0.1) is 0 Å². The number of rotatable bonds is 10. The van der Waals surface area contributed by atoms with E-state index >= 15 is 0 Å². The minimum Gasteiger partial charge on any atom is -0.345 e. The second-order valence-corrected chi connectivity index (χ2v) is 8.29. The van der Waals surface area contributed by atoms with E-state index in [1.165, 1.54) is 4.90 Å². The van der Waals surface area contributed by atoms with E-state index in [1.807, 2.05) is 60.7 Å². The number of carbonyl (C=O) groups is 3. The molecular formula is C28H28N2O3. The first-order valence-corrected chi connectivity index (χ1v) is 11.5. The molecule has 0 saturated heterocycles. The molecule has 3 aromatic carbocycles. The highest BCUT2D eigenvalue weighted by molar-refractivity contribution is 6.21. The maximum atomic E-state index is 12.6. The lowest BCUT2D eigenvalue weighted by atomic mass is 9.98. The van der Waals surface area contributed by atoms with Crippen molar-refractivity contribution in [2.24, 2.45) is 0 Å². The lowest BCUT2D eigenvalue weighted by Gasteiger charge is -2.20. The van der Waals surface area contributed by atoms with E-state index in [0.29, 0.717) is 24.1 Å². The predicted molar refractivity (Wildman–Crippen MR) is 128 cm³/mol. The standard InChI is InChI=1S/C28H28N2O3/c31-25(29-26(21-13-5-3-6-14-21)22-15-7-4-8-16-22)19-9-1-2-12-20-30-27(32)23-17-10-11-18-24(23)28(30)33/h3-8,10-11,13-18,26H,1-2,9,12,19-20H2,(H,29,31). The van der Waals surface area contributed by atoms with Crippen molar-refractivity contribution in [3.63, 3.8) is 0 Å². The van der Waals surface area contributed by atoms with Crippen LogP contribution >= 0.6 is 0 Å². The molecule has 168 valence electrons. The minimum atomic E-state index is -0.206. The van der Waals surface area contributed by atoms with Gasteiger partial charge in [-0.25, -0.2) is 0 Å². The van der Waals surface area contributed by atoms with Gasteiger partial charge in [0, 0.05) is 13.0 Å². The summed E-state index contributed by atoms with van der Waals surface area (Å²) >= 11 is 0. The van der Waals surface area contributed by atoms with Crippen LogP contribution in [0.3, 0.4) is 0 Å². The lowest BCUT2D eigenvalue weighted by Crippen LogP contribution is -2.30. The van der Waals surface area contributed by atoms with Gasteiger partial charge in [0.25, 0.3) is 11.8 Å². The van der Waals surface area contributed by atoms with E-state index in [9.17, 15) is 14.4 Å². The number of unbranched alkanes of at least 4 members (excludes halogenated alkanes) is 3. The van der Waals surface area contributed by atoms with Gasteiger partial charge in [-0.1, -0.05) is 85.6 Å². The zero-order valence-electron chi connectivity index (χ0n) is 18.6. The summed E-state index contributed by atoms with van der Waals surface area (Å²) in [5.74, 6) is -0.390. The van der Waals surface area contributed by atoms with Gasteiger partial charge in [0.05, 0.1) is 17.2 Å². The Balaban J connectivity index is 1.21. The largest absolute Gasteiger partial charge is 0.345 e. The van der Waals surface area contributed by atoms with Crippen LogP contribution in [0.1, 0.15) is 70.0 Å². The Hall–Kier alpha value is -3.73. The molecule has 0 fully saturated rings. The van der Waals surface area contributed by atoms with Crippen LogP contribution in [0.2, 0.25) is 0 Å². The summed E-state index contributed by atoms with van der Waals surface area (Å²) < 4.78 is 0. The molecule has 33 heavy (non-hydrogen) atoms.